The summed E-state index contributed by atoms with van der Waals surface area (Å²) < 4.78 is 34.1. The molecule has 0 spiro atoms. The molecule has 0 radical (unpaired) electrons. The minimum atomic E-state index is -3.78. The maximum atomic E-state index is 13.2. The number of anilines is 1. The lowest BCUT2D eigenvalue weighted by molar-refractivity contribution is -0.134. The van der Waals surface area contributed by atoms with E-state index in [1.807, 2.05) is 44.1 Å². The number of fused-ring (bicyclic) bond motifs is 1. The number of halogens is 1. The standard InChI is InChI=1S/C25H34ClN3O5S/c1-17-14-29(18(2)16-30)25(31)13-19-12-21(27(3)4)8-11-23(19)34-24(17)15-28(5)35(32,33)22-9-6-20(26)7-10-22/h6-12,17-18,24,30H,13-16H2,1-5H3/t17-,18-,24-/m1/s1. The maximum absolute atomic E-state index is 13.2. The highest BCUT2D eigenvalue weighted by Crippen LogP contribution is 2.30. The van der Waals surface area contributed by atoms with Crippen LogP contribution in [0.4, 0.5) is 5.69 Å². The second-order valence-electron chi connectivity index (χ2n) is 9.31. The monoisotopic (exact) mass is 523 g/mol. The van der Waals surface area contributed by atoms with E-state index in [4.69, 9.17) is 16.3 Å². The topological polar surface area (TPSA) is 90.4 Å². The highest BCUT2D eigenvalue weighted by atomic mass is 35.5. The summed E-state index contributed by atoms with van der Waals surface area (Å²) in [6.07, 6.45) is -0.412. The fourth-order valence-corrected chi connectivity index (χ4v) is 5.36. The van der Waals surface area contributed by atoms with Crippen molar-refractivity contribution in [2.45, 2.75) is 37.3 Å². The molecular weight excluding hydrogens is 490 g/mol. The number of nitrogens with zero attached hydrogens (tertiary/aromatic N) is 3. The normalized spacial score (nSPS) is 19.9. The number of ether oxygens (including phenoxy) is 1. The van der Waals surface area contributed by atoms with Gasteiger partial charge in [0.2, 0.25) is 15.9 Å². The lowest BCUT2D eigenvalue weighted by Crippen LogP contribution is -2.48. The minimum absolute atomic E-state index is 0.0799. The number of carbonyl (C=O) groups excluding carboxylic acids is 1. The Morgan fingerprint density at radius 1 is 1.17 bits per heavy atom. The molecule has 0 aromatic heterocycles. The van der Waals surface area contributed by atoms with Crippen LogP contribution in [-0.4, -0.2) is 81.6 Å². The number of hydrogen-bond acceptors (Lipinski definition) is 6. The molecule has 0 fully saturated rings. The maximum Gasteiger partial charge on any atom is 0.242 e. The van der Waals surface area contributed by atoms with Crippen LogP contribution < -0.4 is 9.64 Å². The molecule has 1 aliphatic heterocycles. The van der Waals surface area contributed by atoms with Crippen molar-refractivity contribution >= 4 is 33.2 Å². The molecular formula is C25H34ClN3O5S. The van der Waals surface area contributed by atoms with Gasteiger partial charge < -0.3 is 19.6 Å². The van der Waals surface area contributed by atoms with Gasteiger partial charge in [-0.05, 0) is 49.4 Å². The molecule has 2 aromatic rings. The first-order valence-corrected chi connectivity index (χ1v) is 13.3. The van der Waals surface area contributed by atoms with Gasteiger partial charge in [-0.3, -0.25) is 4.79 Å². The summed E-state index contributed by atoms with van der Waals surface area (Å²) in [5.74, 6) is 0.230. The number of sulfonamides is 1. The fraction of sp³-hybridized carbons (Fsp3) is 0.480. The first-order valence-electron chi connectivity index (χ1n) is 11.5. The van der Waals surface area contributed by atoms with Crippen molar-refractivity contribution in [1.82, 2.24) is 9.21 Å². The molecule has 1 N–H and O–H groups in total. The van der Waals surface area contributed by atoms with E-state index in [2.05, 4.69) is 0 Å². The number of aliphatic hydroxyl groups is 1. The van der Waals surface area contributed by atoms with Crippen LogP contribution in [0.15, 0.2) is 47.4 Å². The van der Waals surface area contributed by atoms with Gasteiger partial charge in [0.1, 0.15) is 11.9 Å². The van der Waals surface area contributed by atoms with Crippen molar-refractivity contribution in [3.63, 3.8) is 0 Å². The number of hydrogen-bond donors (Lipinski definition) is 1. The quantitative estimate of drug-likeness (QED) is 0.600. The molecule has 0 aliphatic carbocycles. The first-order chi connectivity index (χ1) is 16.4. The van der Waals surface area contributed by atoms with Gasteiger partial charge >= 0.3 is 0 Å². The predicted octanol–water partition coefficient (Wildman–Crippen LogP) is 2.88. The summed E-state index contributed by atoms with van der Waals surface area (Å²) in [7, 11) is 1.57. The van der Waals surface area contributed by atoms with Crippen LogP contribution in [0.25, 0.3) is 0 Å². The van der Waals surface area contributed by atoms with Gasteiger partial charge in [0.25, 0.3) is 0 Å². The van der Waals surface area contributed by atoms with E-state index in [0.717, 1.165) is 11.3 Å². The molecule has 1 amide bonds. The van der Waals surface area contributed by atoms with Crippen molar-refractivity contribution in [2.75, 3.05) is 45.7 Å². The van der Waals surface area contributed by atoms with E-state index in [1.165, 1.54) is 23.5 Å². The smallest absolute Gasteiger partial charge is 0.242 e. The lowest BCUT2D eigenvalue weighted by Gasteiger charge is -2.33. The number of benzene rings is 2. The molecule has 0 bridgehead atoms. The van der Waals surface area contributed by atoms with Crippen LogP contribution in [0.5, 0.6) is 5.75 Å². The molecule has 3 rings (SSSR count). The van der Waals surface area contributed by atoms with E-state index in [0.29, 0.717) is 17.3 Å². The Hall–Kier alpha value is -2.33. The van der Waals surface area contributed by atoms with Gasteiger partial charge in [0.05, 0.1) is 30.5 Å². The summed E-state index contributed by atoms with van der Waals surface area (Å²) in [6.45, 7) is 3.97. The number of aliphatic hydroxyl groups excluding tert-OH is 1. The third kappa shape index (κ3) is 6.27. The summed E-state index contributed by atoms with van der Waals surface area (Å²) in [5, 5.41) is 10.2. The second-order valence-corrected chi connectivity index (χ2v) is 11.8. The van der Waals surface area contributed by atoms with Crippen LogP contribution in [0.1, 0.15) is 19.4 Å². The summed E-state index contributed by atoms with van der Waals surface area (Å²) in [6, 6.07) is 11.3. The molecule has 35 heavy (non-hydrogen) atoms. The molecule has 0 unspecified atom stereocenters. The van der Waals surface area contributed by atoms with Crippen LogP contribution in [0, 0.1) is 5.92 Å². The van der Waals surface area contributed by atoms with Gasteiger partial charge in [0.15, 0.2) is 0 Å². The van der Waals surface area contributed by atoms with E-state index in [-0.39, 0.29) is 42.3 Å². The Labute approximate surface area is 213 Å². The third-order valence-electron chi connectivity index (χ3n) is 6.38. The van der Waals surface area contributed by atoms with E-state index >= 15 is 0 Å². The van der Waals surface area contributed by atoms with Crippen molar-refractivity contribution in [3.8, 4) is 5.75 Å². The van der Waals surface area contributed by atoms with Crippen molar-refractivity contribution in [1.29, 1.82) is 0 Å². The molecule has 0 saturated heterocycles. The largest absolute Gasteiger partial charge is 0.488 e. The summed E-state index contributed by atoms with van der Waals surface area (Å²) >= 11 is 5.93. The Morgan fingerprint density at radius 3 is 2.43 bits per heavy atom. The number of amides is 1. The molecule has 1 heterocycles. The molecule has 3 atom stereocenters. The Kier molecular flexibility index (Phi) is 8.69. The Bertz CT molecular complexity index is 1140. The lowest BCUT2D eigenvalue weighted by atomic mass is 10.0. The van der Waals surface area contributed by atoms with Crippen LogP contribution >= 0.6 is 11.6 Å². The molecule has 10 heteroatoms. The predicted molar refractivity (Wildman–Crippen MR) is 138 cm³/mol. The van der Waals surface area contributed by atoms with Gasteiger partial charge in [-0.1, -0.05) is 18.5 Å². The molecule has 192 valence electrons. The number of carbonyl (C=O) groups is 1. The van der Waals surface area contributed by atoms with Gasteiger partial charge in [-0.2, -0.15) is 4.31 Å². The van der Waals surface area contributed by atoms with Crippen LogP contribution in [-0.2, 0) is 21.2 Å². The molecule has 2 aromatic carbocycles. The van der Waals surface area contributed by atoms with E-state index in [1.54, 1.807) is 24.0 Å². The summed E-state index contributed by atoms with van der Waals surface area (Å²) in [4.78, 5) is 17.0. The molecule has 0 saturated carbocycles. The zero-order valence-corrected chi connectivity index (χ0v) is 22.4. The fourth-order valence-electron chi connectivity index (χ4n) is 4.05. The number of likely N-dealkylation sites (N-methyl/N-ethyl adjacent to an activating group) is 1. The van der Waals surface area contributed by atoms with Crippen LogP contribution in [0.2, 0.25) is 5.02 Å². The van der Waals surface area contributed by atoms with Gasteiger partial charge in [-0.25, -0.2) is 8.42 Å². The second kappa shape index (κ2) is 11.2. The van der Waals surface area contributed by atoms with Crippen molar-refractivity contribution in [3.05, 3.63) is 53.1 Å². The van der Waals surface area contributed by atoms with Crippen molar-refractivity contribution < 1.29 is 23.1 Å². The van der Waals surface area contributed by atoms with Gasteiger partial charge in [0, 0.05) is 49.9 Å². The zero-order chi connectivity index (χ0) is 25.9. The van der Waals surface area contributed by atoms with Crippen molar-refractivity contribution in [2.24, 2.45) is 5.92 Å². The summed E-state index contributed by atoms with van der Waals surface area (Å²) in [5.41, 5.74) is 1.65. The van der Waals surface area contributed by atoms with E-state index < -0.39 is 16.1 Å². The molecule has 8 nitrogen and oxygen atoms in total. The zero-order valence-electron chi connectivity index (χ0n) is 20.8. The van der Waals surface area contributed by atoms with Crippen LogP contribution in [0.3, 0.4) is 0 Å². The highest BCUT2D eigenvalue weighted by molar-refractivity contribution is 7.89. The average molecular weight is 524 g/mol. The average Bonchev–Trinajstić information content (AvgIpc) is 2.86. The number of rotatable bonds is 7. The Morgan fingerprint density at radius 2 is 1.83 bits per heavy atom. The van der Waals surface area contributed by atoms with E-state index in [9.17, 15) is 18.3 Å². The third-order valence-corrected chi connectivity index (χ3v) is 8.46. The molecule has 1 aliphatic rings. The Balaban J connectivity index is 1.97. The van der Waals surface area contributed by atoms with Gasteiger partial charge in [-0.15, -0.1) is 0 Å². The minimum Gasteiger partial charge on any atom is -0.488 e. The SMILES string of the molecule is C[C@@H]1CN([C@H](C)CO)C(=O)Cc2cc(N(C)C)ccc2O[C@@H]1CN(C)S(=O)(=O)c1ccc(Cl)cc1. The first kappa shape index (κ1) is 27.3. The highest BCUT2D eigenvalue weighted by Gasteiger charge is 2.33.